The van der Waals surface area contributed by atoms with Crippen LogP contribution in [0.15, 0.2) is 36.1 Å². The number of fused-ring (bicyclic) bond motifs is 2. The Morgan fingerprint density at radius 2 is 2.36 bits per heavy atom. The van der Waals surface area contributed by atoms with Crippen LogP contribution in [0.25, 0.3) is 0 Å². The first-order valence-electron chi connectivity index (χ1n) is 5.27. The van der Waals surface area contributed by atoms with Crippen LogP contribution in [0.3, 0.4) is 0 Å². The van der Waals surface area contributed by atoms with Gasteiger partial charge in [-0.25, -0.2) is 0 Å². The largest absolute Gasteiger partial charge is 0.410 e. The van der Waals surface area contributed by atoms with Crippen LogP contribution in [-0.2, 0) is 4.43 Å². The molecule has 0 aromatic carbocycles. The van der Waals surface area contributed by atoms with Gasteiger partial charge in [0.05, 0.1) is 6.61 Å². The molecule has 0 radical (unpaired) electrons. The zero-order valence-corrected chi connectivity index (χ0v) is 9.99. The smallest absolute Gasteiger partial charge is 0.210 e. The van der Waals surface area contributed by atoms with Crippen molar-refractivity contribution in [1.29, 1.82) is 0 Å². The molecule has 0 aromatic heterocycles. The molecular formula is C12H18OSi. The lowest BCUT2D eigenvalue weighted by atomic mass is 10.0. The van der Waals surface area contributed by atoms with Crippen LogP contribution in [-0.4, -0.2) is 14.9 Å². The van der Waals surface area contributed by atoms with E-state index in [0.717, 1.165) is 6.61 Å². The van der Waals surface area contributed by atoms with Crippen LogP contribution >= 0.6 is 0 Å². The topological polar surface area (TPSA) is 9.23 Å². The maximum atomic E-state index is 5.93. The highest BCUT2D eigenvalue weighted by Gasteiger charge is 2.29. The molecule has 1 nitrogen and oxygen atoms in total. The Bertz CT molecular complexity index is 301. The molecule has 0 aromatic rings. The minimum absolute atomic E-state index is 0.676. The molecule has 0 saturated heterocycles. The Kier molecular flexibility index (Phi) is 2.50. The van der Waals surface area contributed by atoms with Gasteiger partial charge in [0, 0.05) is 5.92 Å². The Balaban J connectivity index is 1.89. The molecule has 0 N–H and O–H groups in total. The molecule has 2 atom stereocenters. The van der Waals surface area contributed by atoms with Crippen LogP contribution in [0.5, 0.6) is 0 Å². The molecule has 2 bridgehead atoms. The van der Waals surface area contributed by atoms with Gasteiger partial charge in [-0.1, -0.05) is 23.9 Å². The van der Waals surface area contributed by atoms with Crippen LogP contribution in [0.4, 0.5) is 0 Å². The average Bonchev–Trinajstić information content (AvgIpc) is 2.76. The molecule has 0 fully saturated rings. The second kappa shape index (κ2) is 3.52. The van der Waals surface area contributed by atoms with Gasteiger partial charge in [0.2, 0.25) is 8.32 Å². The lowest BCUT2D eigenvalue weighted by Crippen LogP contribution is -2.29. The van der Waals surface area contributed by atoms with Crippen molar-refractivity contribution in [3.63, 3.8) is 0 Å². The van der Waals surface area contributed by atoms with Gasteiger partial charge in [-0.3, -0.25) is 0 Å². The summed E-state index contributed by atoms with van der Waals surface area (Å²) in [6.07, 6.45) is 8.29. The van der Waals surface area contributed by atoms with E-state index in [9.17, 15) is 0 Å². The van der Waals surface area contributed by atoms with Crippen molar-refractivity contribution in [2.24, 2.45) is 11.8 Å². The summed E-state index contributed by atoms with van der Waals surface area (Å²) in [6.45, 7) is 9.01. The summed E-state index contributed by atoms with van der Waals surface area (Å²) in [5, 5.41) is 0. The van der Waals surface area contributed by atoms with E-state index in [-0.39, 0.29) is 0 Å². The van der Waals surface area contributed by atoms with Crippen molar-refractivity contribution >= 4 is 8.32 Å². The van der Waals surface area contributed by atoms with Gasteiger partial charge in [-0.2, -0.15) is 0 Å². The maximum Gasteiger partial charge on any atom is 0.210 e. The summed E-state index contributed by atoms with van der Waals surface area (Å²) in [4.78, 5) is 0. The summed E-state index contributed by atoms with van der Waals surface area (Å²) >= 11 is 0. The van der Waals surface area contributed by atoms with Gasteiger partial charge in [-0.05, 0) is 31.0 Å². The molecular weight excluding hydrogens is 188 g/mol. The monoisotopic (exact) mass is 206 g/mol. The molecule has 2 unspecified atom stereocenters. The van der Waals surface area contributed by atoms with Crippen molar-refractivity contribution in [2.45, 2.75) is 19.5 Å². The van der Waals surface area contributed by atoms with Crippen molar-refractivity contribution < 1.29 is 4.43 Å². The lowest BCUT2D eigenvalue weighted by Gasteiger charge is -2.20. The van der Waals surface area contributed by atoms with E-state index >= 15 is 0 Å². The van der Waals surface area contributed by atoms with Gasteiger partial charge in [0.1, 0.15) is 0 Å². The Morgan fingerprint density at radius 1 is 1.57 bits per heavy atom. The maximum absolute atomic E-state index is 5.93. The van der Waals surface area contributed by atoms with Crippen LogP contribution in [0, 0.1) is 11.8 Å². The van der Waals surface area contributed by atoms with Gasteiger partial charge in [0.15, 0.2) is 0 Å². The Hall–Kier alpha value is -0.603. The van der Waals surface area contributed by atoms with Crippen molar-refractivity contribution in [3.8, 4) is 0 Å². The summed E-state index contributed by atoms with van der Waals surface area (Å²) in [5.74, 6) is 1.38. The van der Waals surface area contributed by atoms with Crippen molar-refractivity contribution in [3.05, 3.63) is 36.1 Å². The first-order valence-corrected chi connectivity index (χ1v) is 8.26. The fourth-order valence-corrected chi connectivity index (χ4v) is 2.66. The van der Waals surface area contributed by atoms with Gasteiger partial charge in [0.25, 0.3) is 0 Å². The normalized spacial score (nSPS) is 29.4. The van der Waals surface area contributed by atoms with Crippen molar-refractivity contribution in [2.75, 3.05) is 6.61 Å². The number of rotatable bonds is 4. The van der Waals surface area contributed by atoms with E-state index < -0.39 is 8.32 Å². The minimum atomic E-state index is -1.57. The summed E-state index contributed by atoms with van der Waals surface area (Å²) in [7, 11) is -1.57. The van der Waals surface area contributed by atoms with Crippen LogP contribution < -0.4 is 0 Å². The zero-order valence-electron chi connectivity index (χ0n) is 8.99. The fourth-order valence-electron chi connectivity index (χ4n) is 2.01. The number of hydrogen-bond donors (Lipinski definition) is 0. The predicted molar refractivity (Wildman–Crippen MR) is 62.5 cm³/mol. The van der Waals surface area contributed by atoms with Gasteiger partial charge in [-0.15, -0.1) is 6.58 Å². The standard InChI is InChI=1S/C12H18OSi/c1-4-14(2,3)13-9-12-8-10-5-6-11(12)7-10/h4-6,8,10-11H,1,7,9H2,2-3H3. The van der Waals surface area contributed by atoms with E-state index in [2.05, 4.69) is 37.9 Å². The van der Waals surface area contributed by atoms with E-state index in [0.29, 0.717) is 11.8 Å². The molecule has 0 amide bonds. The second-order valence-electron chi connectivity index (χ2n) is 4.73. The summed E-state index contributed by atoms with van der Waals surface area (Å²) < 4.78 is 5.93. The lowest BCUT2D eigenvalue weighted by molar-refractivity contribution is 0.341. The highest BCUT2D eigenvalue weighted by Crippen LogP contribution is 2.38. The van der Waals surface area contributed by atoms with Gasteiger partial charge < -0.3 is 4.43 Å². The molecule has 0 aliphatic heterocycles. The Morgan fingerprint density at radius 3 is 2.86 bits per heavy atom. The molecule has 14 heavy (non-hydrogen) atoms. The third-order valence-corrected chi connectivity index (χ3v) is 5.00. The third-order valence-electron chi connectivity index (χ3n) is 3.12. The first kappa shape index (κ1) is 9.93. The number of hydrogen-bond acceptors (Lipinski definition) is 1. The molecule has 2 aliphatic rings. The molecule has 0 heterocycles. The molecule has 0 spiro atoms. The zero-order chi connectivity index (χ0) is 10.2. The van der Waals surface area contributed by atoms with E-state index in [1.807, 2.05) is 5.70 Å². The first-order chi connectivity index (χ1) is 6.61. The highest BCUT2D eigenvalue weighted by atomic mass is 28.4. The van der Waals surface area contributed by atoms with E-state index in [1.54, 1.807) is 0 Å². The van der Waals surface area contributed by atoms with Gasteiger partial charge >= 0.3 is 0 Å². The predicted octanol–water partition coefficient (Wildman–Crippen LogP) is 3.07. The Labute approximate surface area is 87.3 Å². The molecule has 2 heteroatoms. The van der Waals surface area contributed by atoms with E-state index in [1.165, 1.54) is 12.0 Å². The fraction of sp³-hybridized carbons (Fsp3) is 0.500. The minimum Gasteiger partial charge on any atom is -0.410 e. The second-order valence-corrected chi connectivity index (χ2v) is 8.63. The summed E-state index contributed by atoms with van der Waals surface area (Å²) in [6, 6.07) is 0. The quantitative estimate of drug-likeness (QED) is 0.507. The third kappa shape index (κ3) is 1.91. The van der Waals surface area contributed by atoms with Crippen LogP contribution in [0.1, 0.15) is 6.42 Å². The molecule has 76 valence electrons. The van der Waals surface area contributed by atoms with Crippen LogP contribution in [0.2, 0.25) is 13.1 Å². The number of allylic oxidation sites excluding steroid dienone is 3. The highest BCUT2D eigenvalue weighted by molar-refractivity contribution is 6.76. The van der Waals surface area contributed by atoms with E-state index in [4.69, 9.17) is 4.43 Å². The SMILES string of the molecule is C=C[Si](C)(C)OCC1=CC2C=CC1C2. The molecule has 0 saturated carbocycles. The van der Waals surface area contributed by atoms with Crippen molar-refractivity contribution in [1.82, 2.24) is 0 Å². The average molecular weight is 206 g/mol. The molecule has 2 aliphatic carbocycles. The summed E-state index contributed by atoms with van der Waals surface area (Å²) in [5.41, 5.74) is 3.48. The molecule has 2 rings (SSSR count).